The summed E-state index contributed by atoms with van der Waals surface area (Å²) in [5.41, 5.74) is 6.80. The standard InChI is InChI=1S/C37H37ClN6O3S.CH2O2/c1-23-19-32(48-42-23)41-35(46)24-10-12-30-29(20-24)37(36(47)40-30)14-17-44(18-15-37)33(45)9-5-3-4-8-27-28-21-26(38)11-13-31(28)43(2)34(27)25-7-6-16-39-22-25;2-1-3/h6-7,10-13,16,19-22H,3-5,8-9,14-15,17-18H2,1-2H3,(H,40,47)(H,41,46);1H,(H,2,3). The average molecular weight is 727 g/mol. The van der Waals surface area contributed by atoms with E-state index in [0.717, 1.165) is 64.8 Å². The topological polar surface area (TPSA) is 147 Å². The summed E-state index contributed by atoms with van der Waals surface area (Å²) in [6.45, 7) is 2.64. The molecule has 51 heavy (non-hydrogen) atoms. The van der Waals surface area contributed by atoms with Gasteiger partial charge in [0.05, 0.1) is 16.8 Å². The number of aryl methyl sites for hydroxylation is 3. The largest absolute Gasteiger partial charge is 0.483 e. The summed E-state index contributed by atoms with van der Waals surface area (Å²) in [5.74, 6) is -0.161. The van der Waals surface area contributed by atoms with E-state index >= 15 is 0 Å². The van der Waals surface area contributed by atoms with Crippen molar-refractivity contribution in [3.8, 4) is 11.3 Å². The Hall–Kier alpha value is -5.07. The molecule has 3 N–H and O–H groups in total. The lowest BCUT2D eigenvalue weighted by molar-refractivity contribution is -0.135. The molecule has 1 saturated heterocycles. The molecule has 0 unspecified atom stereocenters. The number of carbonyl (C=O) groups is 4. The number of carbonyl (C=O) groups excluding carboxylic acids is 3. The molecule has 0 atom stereocenters. The lowest BCUT2D eigenvalue weighted by atomic mass is 9.73. The van der Waals surface area contributed by atoms with Crippen LogP contribution in [0.15, 0.2) is 67.0 Å². The van der Waals surface area contributed by atoms with Crippen LogP contribution in [0.4, 0.5) is 10.7 Å². The quantitative estimate of drug-likeness (QED) is 0.107. The molecule has 1 fully saturated rings. The van der Waals surface area contributed by atoms with E-state index < -0.39 is 5.41 Å². The van der Waals surface area contributed by atoms with Crippen LogP contribution in [0.5, 0.6) is 0 Å². The van der Waals surface area contributed by atoms with Gasteiger partial charge in [0.25, 0.3) is 12.4 Å². The highest BCUT2D eigenvalue weighted by Crippen LogP contribution is 2.45. The lowest BCUT2D eigenvalue weighted by Crippen LogP contribution is -2.48. The first kappa shape index (κ1) is 35.7. The fourth-order valence-electron chi connectivity index (χ4n) is 7.33. The van der Waals surface area contributed by atoms with Gasteiger partial charge >= 0.3 is 0 Å². The van der Waals surface area contributed by atoms with Crippen molar-refractivity contribution in [3.63, 3.8) is 0 Å². The molecule has 5 heterocycles. The summed E-state index contributed by atoms with van der Waals surface area (Å²) in [5, 5.41) is 15.4. The van der Waals surface area contributed by atoms with Gasteiger partial charge in [-0.2, -0.15) is 4.37 Å². The van der Waals surface area contributed by atoms with Crippen LogP contribution in [0.3, 0.4) is 0 Å². The van der Waals surface area contributed by atoms with Crippen molar-refractivity contribution >= 4 is 68.9 Å². The number of hydrogen-bond donors (Lipinski definition) is 3. The van der Waals surface area contributed by atoms with E-state index in [1.54, 1.807) is 18.3 Å². The first-order chi connectivity index (χ1) is 24.6. The Labute approximate surface area is 304 Å². The van der Waals surface area contributed by atoms with Crippen molar-refractivity contribution < 1.29 is 24.3 Å². The molecule has 5 aromatic rings. The Morgan fingerprint density at radius 3 is 2.59 bits per heavy atom. The number of likely N-dealkylation sites (tertiary alicyclic amines) is 1. The molecule has 0 bridgehead atoms. The van der Waals surface area contributed by atoms with E-state index in [1.807, 2.05) is 48.4 Å². The van der Waals surface area contributed by atoms with Gasteiger partial charge < -0.3 is 25.2 Å². The highest BCUT2D eigenvalue weighted by Gasteiger charge is 2.49. The van der Waals surface area contributed by atoms with Crippen LogP contribution in [-0.2, 0) is 33.3 Å². The van der Waals surface area contributed by atoms with E-state index in [-0.39, 0.29) is 24.2 Å². The van der Waals surface area contributed by atoms with Crippen LogP contribution in [0, 0.1) is 6.92 Å². The van der Waals surface area contributed by atoms with E-state index in [1.165, 1.54) is 17.1 Å². The van der Waals surface area contributed by atoms with Crippen molar-refractivity contribution in [2.75, 3.05) is 23.7 Å². The number of aromatic nitrogens is 3. The minimum absolute atomic E-state index is 0.0550. The molecule has 0 aliphatic carbocycles. The highest BCUT2D eigenvalue weighted by molar-refractivity contribution is 7.10. The van der Waals surface area contributed by atoms with E-state index in [4.69, 9.17) is 21.5 Å². The molecule has 0 saturated carbocycles. The lowest BCUT2D eigenvalue weighted by Gasteiger charge is -2.38. The molecule has 0 radical (unpaired) electrons. The Morgan fingerprint density at radius 1 is 1.10 bits per heavy atom. The van der Waals surface area contributed by atoms with Crippen LogP contribution in [-0.4, -0.2) is 61.2 Å². The minimum atomic E-state index is -0.739. The maximum atomic E-state index is 13.3. The predicted molar refractivity (Wildman–Crippen MR) is 199 cm³/mol. The van der Waals surface area contributed by atoms with Gasteiger partial charge in [0.1, 0.15) is 5.00 Å². The van der Waals surface area contributed by atoms with Crippen molar-refractivity contribution in [3.05, 3.63) is 94.4 Å². The van der Waals surface area contributed by atoms with Crippen molar-refractivity contribution in [2.24, 2.45) is 7.05 Å². The summed E-state index contributed by atoms with van der Waals surface area (Å²) >= 11 is 7.64. The zero-order chi connectivity index (χ0) is 36.1. The highest BCUT2D eigenvalue weighted by atomic mass is 35.5. The Bertz CT molecular complexity index is 2090. The van der Waals surface area contributed by atoms with Gasteiger partial charge in [-0.1, -0.05) is 18.0 Å². The first-order valence-electron chi connectivity index (χ1n) is 16.9. The third kappa shape index (κ3) is 7.38. The van der Waals surface area contributed by atoms with E-state index in [2.05, 4.69) is 43.7 Å². The van der Waals surface area contributed by atoms with E-state index in [9.17, 15) is 14.4 Å². The number of carboxylic acid groups (broad SMARTS) is 1. The van der Waals surface area contributed by atoms with Crippen LogP contribution < -0.4 is 10.6 Å². The maximum Gasteiger partial charge on any atom is 0.290 e. The molecule has 2 aliphatic heterocycles. The Morgan fingerprint density at radius 2 is 1.88 bits per heavy atom. The molecule has 7 rings (SSSR count). The smallest absolute Gasteiger partial charge is 0.290 e. The third-order valence-corrected chi connectivity index (χ3v) is 10.9. The molecule has 2 aliphatic rings. The molecule has 264 valence electrons. The van der Waals surface area contributed by atoms with Gasteiger partial charge in [0.15, 0.2) is 0 Å². The normalized spacial score (nSPS) is 14.5. The zero-order valence-electron chi connectivity index (χ0n) is 28.4. The van der Waals surface area contributed by atoms with E-state index in [0.29, 0.717) is 47.9 Å². The summed E-state index contributed by atoms with van der Waals surface area (Å²) in [7, 11) is 2.08. The number of nitrogens with zero attached hydrogens (tertiary/aromatic N) is 4. The van der Waals surface area contributed by atoms with Crippen LogP contribution in [0.1, 0.15) is 65.7 Å². The average Bonchev–Trinajstić information content (AvgIpc) is 3.75. The van der Waals surface area contributed by atoms with Crippen molar-refractivity contribution in [2.45, 2.75) is 57.3 Å². The maximum absolute atomic E-state index is 13.3. The molecule has 3 aromatic heterocycles. The Kier molecular flexibility index (Phi) is 10.8. The van der Waals surface area contributed by atoms with Gasteiger partial charge in [-0.25, -0.2) is 0 Å². The Balaban J connectivity index is 0.00000144. The van der Waals surface area contributed by atoms with Crippen LogP contribution in [0.25, 0.3) is 22.2 Å². The number of pyridine rings is 1. The third-order valence-electron chi connectivity index (χ3n) is 9.83. The number of hydrogen-bond acceptors (Lipinski definition) is 7. The number of amides is 3. The number of unbranched alkanes of at least 4 members (excludes halogenated alkanes) is 2. The fourth-order valence-corrected chi connectivity index (χ4v) is 8.15. The van der Waals surface area contributed by atoms with Gasteiger partial charge in [-0.05, 0) is 116 Å². The minimum Gasteiger partial charge on any atom is -0.483 e. The molecule has 13 heteroatoms. The number of nitrogens with one attached hydrogen (secondary N) is 2. The molecular formula is C38H39ClN6O5S. The summed E-state index contributed by atoms with van der Waals surface area (Å²) in [4.78, 5) is 54.2. The van der Waals surface area contributed by atoms with Gasteiger partial charge in [-0.3, -0.25) is 24.2 Å². The second-order valence-corrected chi connectivity index (χ2v) is 14.2. The number of piperidine rings is 1. The predicted octanol–water partition coefficient (Wildman–Crippen LogP) is 7.23. The number of halogens is 1. The van der Waals surface area contributed by atoms with Crippen LogP contribution >= 0.6 is 23.1 Å². The van der Waals surface area contributed by atoms with Crippen molar-refractivity contribution in [1.82, 2.24) is 18.8 Å². The number of anilines is 2. The second-order valence-electron chi connectivity index (χ2n) is 12.9. The number of benzene rings is 2. The van der Waals surface area contributed by atoms with Crippen molar-refractivity contribution in [1.29, 1.82) is 0 Å². The van der Waals surface area contributed by atoms with Gasteiger partial charge in [0.2, 0.25) is 11.8 Å². The summed E-state index contributed by atoms with van der Waals surface area (Å²) < 4.78 is 6.44. The molecule has 2 aromatic carbocycles. The number of rotatable bonds is 9. The fraction of sp³-hybridized carbons (Fsp3) is 0.316. The van der Waals surface area contributed by atoms with Crippen LogP contribution in [0.2, 0.25) is 5.02 Å². The van der Waals surface area contributed by atoms with Gasteiger partial charge in [0, 0.05) is 71.7 Å². The second kappa shape index (κ2) is 15.4. The summed E-state index contributed by atoms with van der Waals surface area (Å²) in [6.07, 6.45) is 8.76. The monoisotopic (exact) mass is 726 g/mol. The summed E-state index contributed by atoms with van der Waals surface area (Å²) in [6, 6.07) is 17.3. The molecular weight excluding hydrogens is 688 g/mol. The first-order valence-corrected chi connectivity index (χ1v) is 18.0. The zero-order valence-corrected chi connectivity index (χ0v) is 30.0. The molecule has 11 nitrogen and oxygen atoms in total. The molecule has 1 spiro atoms. The SMILES string of the molecule is Cc1cc(NC(=O)c2ccc3c(c2)C2(CCN(C(=O)CCCCCc4c(-c5cccnc5)n(C)c5ccc(Cl)cc45)CC2)C(=O)N3)sn1.O=CO. The number of fused-ring (bicyclic) bond motifs is 3. The van der Waals surface area contributed by atoms with Gasteiger partial charge in [-0.15, -0.1) is 0 Å². The molecule has 3 amide bonds.